The van der Waals surface area contributed by atoms with Crippen LogP contribution >= 0.6 is 23.1 Å². The number of carbonyl (C=O) groups is 1. The van der Waals surface area contributed by atoms with Crippen molar-refractivity contribution in [2.45, 2.75) is 76.6 Å². The molecule has 4 rings (SSSR count). The first-order chi connectivity index (χ1) is 17.4. The highest BCUT2D eigenvalue weighted by Gasteiger charge is 2.23. The van der Waals surface area contributed by atoms with Crippen LogP contribution in [0.15, 0.2) is 29.4 Å². The molecule has 0 aliphatic heterocycles. The summed E-state index contributed by atoms with van der Waals surface area (Å²) in [5.41, 5.74) is 0. The van der Waals surface area contributed by atoms with Gasteiger partial charge in [0.05, 0.1) is 12.9 Å². The fourth-order valence-corrected chi connectivity index (χ4v) is 5.97. The molecule has 0 saturated heterocycles. The predicted octanol–water partition coefficient (Wildman–Crippen LogP) is 5.71. The quantitative estimate of drug-likeness (QED) is 0.314. The third-order valence-corrected chi connectivity index (χ3v) is 7.97. The summed E-state index contributed by atoms with van der Waals surface area (Å²) in [5, 5.41) is 22.5. The number of rotatable bonds is 11. The van der Waals surface area contributed by atoms with Crippen LogP contribution in [0.25, 0.3) is 0 Å². The highest BCUT2D eigenvalue weighted by molar-refractivity contribution is 7.99. The summed E-state index contributed by atoms with van der Waals surface area (Å²) >= 11 is 2.85. The number of hydrogen-bond donors (Lipinski definition) is 1. The van der Waals surface area contributed by atoms with Gasteiger partial charge in [0.1, 0.15) is 5.01 Å². The SMILES string of the molecule is COc1ccccc1OC(C)c1nnc(SCC(=O)Nc2nnc(C3CCCCC3)s2)n1CC(C)C. The smallest absolute Gasteiger partial charge is 0.236 e. The topological polar surface area (TPSA) is 104 Å². The normalized spacial score (nSPS) is 15.1. The Kier molecular flexibility index (Phi) is 9.19. The van der Waals surface area contributed by atoms with Crippen molar-refractivity contribution >= 4 is 34.1 Å². The molecule has 1 unspecified atom stereocenters. The van der Waals surface area contributed by atoms with E-state index in [0.29, 0.717) is 46.0 Å². The van der Waals surface area contributed by atoms with Gasteiger partial charge in [0.15, 0.2) is 28.6 Å². The van der Waals surface area contributed by atoms with E-state index in [1.807, 2.05) is 35.8 Å². The molecule has 1 fully saturated rings. The number of ether oxygens (including phenoxy) is 2. The number of nitrogens with zero attached hydrogens (tertiary/aromatic N) is 5. The summed E-state index contributed by atoms with van der Waals surface area (Å²) in [4.78, 5) is 12.7. The van der Waals surface area contributed by atoms with Crippen molar-refractivity contribution in [2.24, 2.45) is 5.92 Å². The average Bonchev–Trinajstić information content (AvgIpc) is 3.50. The number of aromatic nitrogens is 5. The van der Waals surface area contributed by atoms with E-state index in [-0.39, 0.29) is 17.8 Å². The zero-order chi connectivity index (χ0) is 25.5. The zero-order valence-electron chi connectivity index (χ0n) is 21.3. The second-order valence-corrected chi connectivity index (χ2v) is 11.3. The molecule has 0 bridgehead atoms. The van der Waals surface area contributed by atoms with Crippen molar-refractivity contribution in [2.75, 3.05) is 18.2 Å². The molecule has 1 amide bonds. The summed E-state index contributed by atoms with van der Waals surface area (Å²) in [6.45, 7) is 6.92. The van der Waals surface area contributed by atoms with Crippen LogP contribution in [0.2, 0.25) is 0 Å². The summed E-state index contributed by atoms with van der Waals surface area (Å²) in [6.07, 6.45) is 5.74. The Labute approximate surface area is 220 Å². The molecule has 36 heavy (non-hydrogen) atoms. The fourth-order valence-electron chi connectivity index (χ4n) is 4.29. The number of anilines is 1. The average molecular weight is 531 g/mol. The maximum Gasteiger partial charge on any atom is 0.236 e. The molecule has 194 valence electrons. The van der Waals surface area contributed by atoms with Crippen molar-refractivity contribution < 1.29 is 14.3 Å². The maximum atomic E-state index is 12.7. The molecule has 1 aliphatic rings. The number of amides is 1. The van der Waals surface area contributed by atoms with Gasteiger partial charge in [0.25, 0.3) is 0 Å². The Balaban J connectivity index is 1.39. The largest absolute Gasteiger partial charge is 0.493 e. The molecule has 1 N–H and O–H groups in total. The number of methoxy groups -OCH3 is 1. The summed E-state index contributed by atoms with van der Waals surface area (Å²) in [7, 11) is 1.62. The number of thioether (sulfide) groups is 1. The second-order valence-electron chi connectivity index (χ2n) is 9.37. The number of carbonyl (C=O) groups excluding carboxylic acids is 1. The van der Waals surface area contributed by atoms with Gasteiger partial charge in [-0.15, -0.1) is 20.4 Å². The van der Waals surface area contributed by atoms with E-state index >= 15 is 0 Å². The van der Waals surface area contributed by atoms with Gasteiger partial charge in [-0.05, 0) is 37.8 Å². The summed E-state index contributed by atoms with van der Waals surface area (Å²) in [5.74, 6) is 2.93. The number of benzene rings is 1. The third-order valence-electron chi connectivity index (χ3n) is 6.00. The van der Waals surface area contributed by atoms with E-state index < -0.39 is 0 Å². The predicted molar refractivity (Wildman–Crippen MR) is 142 cm³/mol. The molecule has 3 aromatic rings. The van der Waals surface area contributed by atoms with Crippen LogP contribution in [0.1, 0.15) is 75.7 Å². The highest BCUT2D eigenvalue weighted by Crippen LogP contribution is 2.35. The third kappa shape index (κ3) is 6.76. The lowest BCUT2D eigenvalue weighted by Crippen LogP contribution is -2.17. The molecule has 1 aromatic carbocycles. The Hall–Kier alpha value is -2.66. The molecule has 1 saturated carbocycles. The molecule has 2 aromatic heterocycles. The minimum Gasteiger partial charge on any atom is -0.493 e. The molecule has 2 heterocycles. The van der Waals surface area contributed by atoms with Crippen molar-refractivity contribution in [3.63, 3.8) is 0 Å². The molecule has 1 aliphatic carbocycles. The van der Waals surface area contributed by atoms with Gasteiger partial charge in [-0.25, -0.2) is 0 Å². The molecule has 9 nitrogen and oxygen atoms in total. The van der Waals surface area contributed by atoms with Gasteiger partial charge < -0.3 is 14.0 Å². The first-order valence-corrected chi connectivity index (χ1v) is 14.2. The number of nitrogens with one attached hydrogen (secondary N) is 1. The van der Waals surface area contributed by atoms with Crippen LogP contribution in [0.3, 0.4) is 0 Å². The van der Waals surface area contributed by atoms with Crippen LogP contribution in [-0.2, 0) is 11.3 Å². The van der Waals surface area contributed by atoms with Gasteiger partial charge in [0.2, 0.25) is 11.0 Å². The Bertz CT molecular complexity index is 1140. The standard InChI is InChI=1S/C25H34N6O3S2/c1-16(2)14-31-22(17(3)34-20-13-9-8-12-19(20)33-4)27-30-25(31)35-15-21(32)26-24-29-28-23(36-24)18-10-6-5-7-11-18/h8-9,12-13,16-18H,5-7,10-11,14-15H2,1-4H3,(H,26,29,32). The minimum atomic E-state index is -0.352. The van der Waals surface area contributed by atoms with Crippen LogP contribution in [0.4, 0.5) is 5.13 Å². The minimum absolute atomic E-state index is 0.134. The van der Waals surface area contributed by atoms with E-state index in [1.54, 1.807) is 7.11 Å². The lowest BCUT2D eigenvalue weighted by atomic mass is 9.90. The van der Waals surface area contributed by atoms with Crippen LogP contribution in [0.5, 0.6) is 11.5 Å². The lowest BCUT2D eigenvalue weighted by molar-refractivity contribution is -0.113. The van der Waals surface area contributed by atoms with E-state index in [2.05, 4.69) is 39.6 Å². The van der Waals surface area contributed by atoms with Crippen LogP contribution in [-0.4, -0.2) is 43.7 Å². The second kappa shape index (κ2) is 12.5. The molecule has 0 radical (unpaired) electrons. The Morgan fingerprint density at radius 3 is 2.58 bits per heavy atom. The van der Waals surface area contributed by atoms with Gasteiger partial charge >= 0.3 is 0 Å². The number of para-hydroxylation sites is 2. The lowest BCUT2D eigenvalue weighted by Gasteiger charge is -2.19. The molecular formula is C25H34N6O3S2. The monoisotopic (exact) mass is 530 g/mol. The van der Waals surface area contributed by atoms with Crippen molar-refractivity contribution in [3.05, 3.63) is 35.1 Å². The Morgan fingerprint density at radius 2 is 1.86 bits per heavy atom. The first-order valence-electron chi connectivity index (χ1n) is 12.4. The van der Waals surface area contributed by atoms with Gasteiger partial charge in [-0.2, -0.15) is 0 Å². The van der Waals surface area contributed by atoms with Crippen molar-refractivity contribution in [1.82, 2.24) is 25.0 Å². The molecule has 1 atom stereocenters. The first kappa shape index (κ1) is 26.4. The molecule has 0 spiro atoms. The Morgan fingerprint density at radius 1 is 1.11 bits per heavy atom. The van der Waals surface area contributed by atoms with Crippen LogP contribution < -0.4 is 14.8 Å². The van der Waals surface area contributed by atoms with Gasteiger partial charge in [-0.1, -0.05) is 68.3 Å². The van der Waals surface area contributed by atoms with E-state index in [0.717, 1.165) is 17.8 Å². The number of hydrogen-bond acceptors (Lipinski definition) is 9. The highest BCUT2D eigenvalue weighted by atomic mass is 32.2. The van der Waals surface area contributed by atoms with Gasteiger partial charge in [0, 0.05) is 12.5 Å². The summed E-state index contributed by atoms with van der Waals surface area (Å²) < 4.78 is 13.6. The van der Waals surface area contributed by atoms with Gasteiger partial charge in [-0.3, -0.25) is 10.1 Å². The molecule has 11 heteroatoms. The van der Waals surface area contributed by atoms with Crippen LogP contribution in [0, 0.1) is 5.92 Å². The fraction of sp³-hybridized carbons (Fsp3) is 0.560. The van der Waals surface area contributed by atoms with Crippen molar-refractivity contribution in [3.8, 4) is 11.5 Å². The van der Waals surface area contributed by atoms with Crippen molar-refractivity contribution in [1.29, 1.82) is 0 Å². The molecular weight excluding hydrogens is 496 g/mol. The summed E-state index contributed by atoms with van der Waals surface area (Å²) in [6, 6.07) is 7.53. The van der Waals surface area contributed by atoms with E-state index in [1.165, 1.54) is 42.4 Å². The zero-order valence-corrected chi connectivity index (χ0v) is 22.9. The van der Waals surface area contributed by atoms with E-state index in [4.69, 9.17) is 9.47 Å². The van der Waals surface area contributed by atoms with E-state index in [9.17, 15) is 4.79 Å². The maximum absolute atomic E-state index is 12.7.